The van der Waals surface area contributed by atoms with Crippen LogP contribution in [0.5, 0.6) is 0 Å². The molecule has 0 aliphatic heterocycles. The van der Waals surface area contributed by atoms with Gasteiger partial charge in [0.05, 0.1) is 6.04 Å². The third-order valence-electron chi connectivity index (χ3n) is 4.66. The van der Waals surface area contributed by atoms with E-state index in [-0.39, 0.29) is 17.8 Å². The Morgan fingerprint density at radius 3 is 2.81 bits per heavy atom. The summed E-state index contributed by atoms with van der Waals surface area (Å²) in [5.74, 6) is 0.798. The molecule has 21 heavy (non-hydrogen) atoms. The molecular weight excluding hydrogens is 267 g/mol. The lowest BCUT2D eigenvalue weighted by Crippen LogP contribution is -2.49. The highest BCUT2D eigenvalue weighted by atomic mass is 19.1. The van der Waals surface area contributed by atoms with E-state index < -0.39 is 0 Å². The monoisotopic (exact) mass is 292 g/mol. The molecule has 2 rings (SSSR count). The molecular formula is C17H25FN2O. The van der Waals surface area contributed by atoms with Crippen molar-refractivity contribution < 1.29 is 9.18 Å². The summed E-state index contributed by atoms with van der Waals surface area (Å²) in [6, 6.07) is 6.07. The molecule has 3 nitrogen and oxygen atoms in total. The van der Waals surface area contributed by atoms with E-state index >= 15 is 0 Å². The lowest BCUT2D eigenvalue weighted by Gasteiger charge is -2.36. The van der Waals surface area contributed by atoms with E-state index in [9.17, 15) is 9.18 Å². The Labute approximate surface area is 126 Å². The van der Waals surface area contributed by atoms with Gasteiger partial charge in [-0.1, -0.05) is 32.8 Å². The molecule has 0 bridgehead atoms. The van der Waals surface area contributed by atoms with Crippen LogP contribution in [-0.4, -0.2) is 18.0 Å². The van der Waals surface area contributed by atoms with Crippen molar-refractivity contribution in [2.45, 2.75) is 52.1 Å². The first kappa shape index (κ1) is 16.0. The summed E-state index contributed by atoms with van der Waals surface area (Å²) in [6.45, 7) is 6.38. The lowest BCUT2D eigenvalue weighted by molar-refractivity contribution is -0.118. The van der Waals surface area contributed by atoms with Crippen molar-refractivity contribution >= 4 is 11.6 Å². The summed E-state index contributed by atoms with van der Waals surface area (Å²) in [5, 5.41) is 6.18. The van der Waals surface area contributed by atoms with Crippen LogP contribution in [0.25, 0.3) is 0 Å². The number of hydrogen-bond acceptors (Lipinski definition) is 2. The average molecular weight is 292 g/mol. The third kappa shape index (κ3) is 4.27. The first-order valence-corrected chi connectivity index (χ1v) is 7.80. The van der Waals surface area contributed by atoms with Gasteiger partial charge in [-0.3, -0.25) is 4.79 Å². The van der Waals surface area contributed by atoms with E-state index in [1.807, 2.05) is 6.92 Å². The number of rotatable bonds is 4. The van der Waals surface area contributed by atoms with Gasteiger partial charge in [-0.15, -0.1) is 0 Å². The molecule has 0 aromatic heterocycles. The summed E-state index contributed by atoms with van der Waals surface area (Å²) < 4.78 is 13.1. The molecule has 0 spiro atoms. The summed E-state index contributed by atoms with van der Waals surface area (Å²) in [6.07, 6.45) is 3.59. The van der Waals surface area contributed by atoms with E-state index in [1.54, 1.807) is 12.1 Å². The average Bonchev–Trinajstić information content (AvgIpc) is 2.44. The van der Waals surface area contributed by atoms with Crippen LogP contribution in [0.1, 0.15) is 40.0 Å². The molecule has 1 saturated carbocycles. The Balaban J connectivity index is 1.90. The predicted octanol–water partition coefficient (Wildman–Crippen LogP) is 3.57. The maximum atomic E-state index is 13.1. The molecule has 1 aliphatic carbocycles. The van der Waals surface area contributed by atoms with Crippen molar-refractivity contribution in [2.75, 3.05) is 5.32 Å². The lowest BCUT2D eigenvalue weighted by atomic mass is 9.78. The van der Waals surface area contributed by atoms with Gasteiger partial charge in [0.25, 0.3) is 0 Å². The Hall–Kier alpha value is -1.42. The minimum Gasteiger partial charge on any atom is -0.325 e. The van der Waals surface area contributed by atoms with Gasteiger partial charge in [0.15, 0.2) is 0 Å². The van der Waals surface area contributed by atoms with Gasteiger partial charge in [0.1, 0.15) is 5.82 Å². The van der Waals surface area contributed by atoms with Crippen molar-refractivity contribution in [1.29, 1.82) is 0 Å². The van der Waals surface area contributed by atoms with Crippen molar-refractivity contribution in [3.05, 3.63) is 30.1 Å². The zero-order chi connectivity index (χ0) is 15.4. The number of carbonyl (C=O) groups is 1. The van der Waals surface area contributed by atoms with Crippen molar-refractivity contribution in [1.82, 2.24) is 5.32 Å². The molecule has 4 heteroatoms. The topological polar surface area (TPSA) is 41.1 Å². The highest BCUT2D eigenvalue weighted by Crippen LogP contribution is 2.29. The number of anilines is 1. The Bertz CT molecular complexity index is 491. The molecule has 1 aliphatic rings. The summed E-state index contributed by atoms with van der Waals surface area (Å²) >= 11 is 0. The smallest absolute Gasteiger partial charge is 0.241 e. The second-order valence-corrected chi connectivity index (χ2v) is 6.26. The van der Waals surface area contributed by atoms with Crippen LogP contribution < -0.4 is 10.6 Å². The predicted molar refractivity (Wildman–Crippen MR) is 83.6 cm³/mol. The van der Waals surface area contributed by atoms with Gasteiger partial charge in [-0.05, 0) is 43.4 Å². The standard InChI is InChI=1S/C17H25FN2O/c1-11-6-4-9-16(12(11)2)19-13(3)17(21)20-15-8-5-7-14(18)10-15/h5,7-8,10-13,16,19H,4,6,9H2,1-3H3,(H,20,21). The van der Waals surface area contributed by atoms with Crippen LogP contribution >= 0.6 is 0 Å². The fourth-order valence-electron chi connectivity index (χ4n) is 3.03. The normalized spacial score (nSPS) is 27.1. The molecule has 2 N–H and O–H groups in total. The maximum absolute atomic E-state index is 13.1. The molecule has 4 unspecified atom stereocenters. The quantitative estimate of drug-likeness (QED) is 0.891. The zero-order valence-corrected chi connectivity index (χ0v) is 13.0. The summed E-state index contributed by atoms with van der Waals surface area (Å²) in [5.41, 5.74) is 0.499. The molecule has 1 aromatic rings. The van der Waals surface area contributed by atoms with E-state index in [1.165, 1.54) is 25.0 Å². The molecule has 1 amide bonds. The number of amides is 1. The second-order valence-electron chi connectivity index (χ2n) is 6.26. The van der Waals surface area contributed by atoms with Crippen molar-refractivity contribution in [3.8, 4) is 0 Å². The molecule has 116 valence electrons. The number of halogens is 1. The van der Waals surface area contributed by atoms with Crippen LogP contribution in [0.4, 0.5) is 10.1 Å². The Kier molecular flexibility index (Phi) is 5.34. The second kappa shape index (κ2) is 7.03. The van der Waals surface area contributed by atoms with E-state index in [4.69, 9.17) is 0 Å². The van der Waals surface area contributed by atoms with Gasteiger partial charge in [-0.25, -0.2) is 4.39 Å². The number of benzene rings is 1. The van der Waals surface area contributed by atoms with Gasteiger partial charge in [-0.2, -0.15) is 0 Å². The van der Waals surface area contributed by atoms with Crippen LogP contribution in [0, 0.1) is 17.7 Å². The van der Waals surface area contributed by atoms with Gasteiger partial charge < -0.3 is 10.6 Å². The van der Waals surface area contributed by atoms with Crippen molar-refractivity contribution in [3.63, 3.8) is 0 Å². The van der Waals surface area contributed by atoms with E-state index in [0.717, 1.165) is 6.42 Å². The highest BCUT2D eigenvalue weighted by molar-refractivity contribution is 5.94. The fraction of sp³-hybridized carbons (Fsp3) is 0.588. The van der Waals surface area contributed by atoms with E-state index in [2.05, 4.69) is 24.5 Å². The molecule has 0 saturated heterocycles. The summed E-state index contributed by atoms with van der Waals surface area (Å²) in [4.78, 5) is 12.2. The maximum Gasteiger partial charge on any atom is 0.241 e. The van der Waals surface area contributed by atoms with Crippen molar-refractivity contribution in [2.24, 2.45) is 11.8 Å². The molecule has 1 aromatic carbocycles. The number of carbonyl (C=O) groups excluding carboxylic acids is 1. The third-order valence-corrected chi connectivity index (χ3v) is 4.66. The minimum atomic E-state index is -0.344. The van der Waals surface area contributed by atoms with E-state index in [0.29, 0.717) is 23.6 Å². The van der Waals surface area contributed by atoms with Crippen LogP contribution in [0.3, 0.4) is 0 Å². The van der Waals surface area contributed by atoms with Crippen LogP contribution in [0.15, 0.2) is 24.3 Å². The molecule has 1 fully saturated rings. The van der Waals surface area contributed by atoms with Gasteiger partial charge >= 0.3 is 0 Å². The van der Waals surface area contributed by atoms with Gasteiger partial charge in [0.2, 0.25) is 5.91 Å². The first-order valence-electron chi connectivity index (χ1n) is 7.80. The van der Waals surface area contributed by atoms with Crippen LogP contribution in [0.2, 0.25) is 0 Å². The van der Waals surface area contributed by atoms with Crippen LogP contribution in [-0.2, 0) is 4.79 Å². The number of nitrogens with one attached hydrogen (secondary N) is 2. The molecule has 4 atom stereocenters. The first-order chi connectivity index (χ1) is 9.97. The zero-order valence-electron chi connectivity index (χ0n) is 13.0. The molecule has 0 radical (unpaired) electrons. The summed E-state index contributed by atoms with van der Waals surface area (Å²) in [7, 11) is 0. The minimum absolute atomic E-state index is 0.119. The Morgan fingerprint density at radius 2 is 2.10 bits per heavy atom. The SMILES string of the molecule is CC(NC1CCCC(C)C1C)C(=O)Nc1cccc(F)c1. The van der Waals surface area contributed by atoms with Gasteiger partial charge in [0, 0.05) is 11.7 Å². The largest absolute Gasteiger partial charge is 0.325 e. The Morgan fingerprint density at radius 1 is 1.33 bits per heavy atom. The fourth-order valence-corrected chi connectivity index (χ4v) is 3.03. The highest BCUT2D eigenvalue weighted by Gasteiger charge is 2.29. The number of hydrogen-bond donors (Lipinski definition) is 2. The molecule has 0 heterocycles.